The minimum atomic E-state index is -3.55. The Balaban J connectivity index is 1.73. The van der Waals surface area contributed by atoms with Gasteiger partial charge in [0.15, 0.2) is 0 Å². The zero-order valence-electron chi connectivity index (χ0n) is 12.5. The van der Waals surface area contributed by atoms with Gasteiger partial charge in [0.25, 0.3) is 5.56 Å². The fraction of sp³-hybridized carbons (Fsp3) is 0.133. The van der Waals surface area contributed by atoms with Crippen LogP contribution < -0.4 is 10.3 Å². The predicted octanol–water partition coefficient (Wildman–Crippen LogP) is 1.35. The number of pyridine rings is 1. The zero-order chi connectivity index (χ0) is 17.0. The maximum absolute atomic E-state index is 12.0. The molecule has 24 heavy (non-hydrogen) atoms. The van der Waals surface area contributed by atoms with Crippen molar-refractivity contribution in [3.05, 3.63) is 64.5 Å². The lowest BCUT2D eigenvalue weighted by atomic mass is 10.2. The number of hydrogen-bond acceptors (Lipinski definition) is 6. The Labute approximate surface area is 142 Å². The summed E-state index contributed by atoms with van der Waals surface area (Å²) in [5.74, 6) is 0. The Morgan fingerprint density at radius 3 is 2.75 bits per heavy atom. The Hall–Kier alpha value is -2.36. The molecule has 0 saturated carbocycles. The van der Waals surface area contributed by atoms with Gasteiger partial charge in [-0.05, 0) is 29.6 Å². The molecule has 0 atom stereocenters. The van der Waals surface area contributed by atoms with Crippen LogP contribution in [-0.2, 0) is 16.6 Å². The van der Waals surface area contributed by atoms with Crippen LogP contribution in [0.5, 0.6) is 0 Å². The standard InChI is InChI=1S/C15H14N4O3S2/c20-14-6-5-13(12-3-1-7-16-11-12)18-19(14)9-8-17-24(21,22)15-4-2-10-23-15/h1-7,10-11,17H,8-9H2. The molecule has 3 heterocycles. The van der Waals surface area contributed by atoms with Gasteiger partial charge >= 0.3 is 0 Å². The van der Waals surface area contributed by atoms with Crippen molar-refractivity contribution in [3.63, 3.8) is 0 Å². The van der Waals surface area contributed by atoms with E-state index in [-0.39, 0.29) is 22.9 Å². The molecule has 1 N–H and O–H groups in total. The third kappa shape index (κ3) is 3.75. The molecule has 0 radical (unpaired) electrons. The van der Waals surface area contributed by atoms with E-state index in [0.29, 0.717) is 5.69 Å². The van der Waals surface area contributed by atoms with Gasteiger partial charge < -0.3 is 0 Å². The van der Waals surface area contributed by atoms with Gasteiger partial charge in [0.05, 0.1) is 12.2 Å². The Morgan fingerprint density at radius 2 is 2.04 bits per heavy atom. The van der Waals surface area contributed by atoms with Crippen LogP contribution in [0.3, 0.4) is 0 Å². The summed E-state index contributed by atoms with van der Waals surface area (Å²) < 4.78 is 28.0. The Kier molecular flexibility index (Phi) is 4.84. The van der Waals surface area contributed by atoms with Crippen LogP contribution in [0.2, 0.25) is 0 Å². The number of aromatic nitrogens is 3. The maximum atomic E-state index is 12.0. The van der Waals surface area contributed by atoms with Crippen molar-refractivity contribution in [2.75, 3.05) is 6.54 Å². The van der Waals surface area contributed by atoms with Gasteiger partial charge in [-0.15, -0.1) is 11.3 Å². The summed E-state index contributed by atoms with van der Waals surface area (Å²) in [5, 5.41) is 5.95. The first-order chi connectivity index (χ1) is 11.6. The highest BCUT2D eigenvalue weighted by Gasteiger charge is 2.14. The number of nitrogens with zero attached hydrogens (tertiary/aromatic N) is 3. The Morgan fingerprint density at radius 1 is 1.17 bits per heavy atom. The van der Waals surface area contributed by atoms with E-state index in [1.807, 2.05) is 6.07 Å². The van der Waals surface area contributed by atoms with Crippen LogP contribution in [0, 0.1) is 0 Å². The number of sulfonamides is 1. The van der Waals surface area contributed by atoms with Crippen molar-refractivity contribution in [2.45, 2.75) is 10.8 Å². The summed E-state index contributed by atoms with van der Waals surface area (Å²) in [6, 6.07) is 9.84. The quantitative estimate of drug-likeness (QED) is 0.714. The van der Waals surface area contributed by atoms with Gasteiger partial charge in [-0.25, -0.2) is 17.8 Å². The molecule has 7 nitrogen and oxygen atoms in total. The van der Waals surface area contributed by atoms with E-state index in [1.165, 1.54) is 16.8 Å². The molecular weight excluding hydrogens is 348 g/mol. The second kappa shape index (κ2) is 7.04. The fourth-order valence-corrected chi connectivity index (χ4v) is 4.11. The number of rotatable bonds is 6. The molecule has 0 amide bonds. The van der Waals surface area contributed by atoms with Crippen molar-refractivity contribution in [1.29, 1.82) is 0 Å². The van der Waals surface area contributed by atoms with Crippen LogP contribution in [-0.4, -0.2) is 29.7 Å². The van der Waals surface area contributed by atoms with E-state index < -0.39 is 10.0 Å². The maximum Gasteiger partial charge on any atom is 0.266 e. The highest BCUT2D eigenvalue weighted by Crippen LogP contribution is 2.15. The summed E-state index contributed by atoms with van der Waals surface area (Å²) in [7, 11) is -3.55. The molecule has 3 rings (SSSR count). The molecule has 0 aliphatic rings. The normalized spacial score (nSPS) is 11.5. The van der Waals surface area contributed by atoms with Crippen molar-refractivity contribution in [2.24, 2.45) is 0 Å². The monoisotopic (exact) mass is 362 g/mol. The van der Waals surface area contributed by atoms with Gasteiger partial charge in [-0.2, -0.15) is 5.10 Å². The Bertz CT molecular complexity index is 967. The van der Waals surface area contributed by atoms with Crippen LogP contribution in [0.15, 0.2) is 63.2 Å². The topological polar surface area (TPSA) is 93.9 Å². The lowest BCUT2D eigenvalue weighted by Gasteiger charge is -2.08. The first-order valence-electron chi connectivity index (χ1n) is 7.08. The molecule has 0 spiro atoms. The van der Waals surface area contributed by atoms with E-state index >= 15 is 0 Å². The van der Waals surface area contributed by atoms with E-state index in [4.69, 9.17) is 0 Å². The van der Waals surface area contributed by atoms with Crippen molar-refractivity contribution in [3.8, 4) is 11.3 Å². The molecule has 0 saturated heterocycles. The van der Waals surface area contributed by atoms with Gasteiger partial charge in [0, 0.05) is 30.6 Å². The van der Waals surface area contributed by atoms with Crippen LogP contribution in [0.4, 0.5) is 0 Å². The number of hydrogen-bond donors (Lipinski definition) is 1. The second-order valence-corrected chi connectivity index (χ2v) is 7.79. The fourth-order valence-electron chi connectivity index (χ4n) is 2.05. The molecule has 0 unspecified atom stereocenters. The molecule has 3 aromatic rings. The number of nitrogens with one attached hydrogen (secondary N) is 1. The lowest BCUT2D eigenvalue weighted by molar-refractivity contribution is 0.550. The molecule has 3 aromatic heterocycles. The summed E-state index contributed by atoms with van der Waals surface area (Å²) >= 11 is 1.14. The number of thiophene rings is 1. The SMILES string of the molecule is O=c1ccc(-c2cccnc2)nn1CCNS(=O)(=O)c1cccs1. The second-order valence-electron chi connectivity index (χ2n) is 4.85. The molecule has 0 fully saturated rings. The highest BCUT2D eigenvalue weighted by atomic mass is 32.2. The minimum absolute atomic E-state index is 0.0730. The molecule has 0 aromatic carbocycles. The van der Waals surface area contributed by atoms with Gasteiger partial charge in [0.1, 0.15) is 4.21 Å². The summed E-state index contributed by atoms with van der Waals surface area (Å²) in [6.07, 6.45) is 3.30. The van der Waals surface area contributed by atoms with Crippen molar-refractivity contribution < 1.29 is 8.42 Å². The summed E-state index contributed by atoms with van der Waals surface area (Å²) in [5.41, 5.74) is 1.09. The van der Waals surface area contributed by atoms with Crippen LogP contribution in [0.25, 0.3) is 11.3 Å². The summed E-state index contributed by atoms with van der Waals surface area (Å²) in [4.78, 5) is 15.9. The van der Waals surface area contributed by atoms with Gasteiger partial charge in [-0.3, -0.25) is 9.78 Å². The molecule has 124 valence electrons. The zero-order valence-corrected chi connectivity index (χ0v) is 14.1. The highest BCUT2D eigenvalue weighted by molar-refractivity contribution is 7.91. The van der Waals surface area contributed by atoms with E-state index in [9.17, 15) is 13.2 Å². The third-order valence-corrected chi connectivity index (χ3v) is 6.06. The van der Waals surface area contributed by atoms with E-state index in [1.54, 1.807) is 36.0 Å². The average Bonchev–Trinajstić information content (AvgIpc) is 3.13. The molecule has 0 bridgehead atoms. The molecular formula is C15H14N4O3S2. The first-order valence-corrected chi connectivity index (χ1v) is 9.44. The smallest absolute Gasteiger partial charge is 0.266 e. The summed E-state index contributed by atoms with van der Waals surface area (Å²) in [6.45, 7) is 0.209. The predicted molar refractivity (Wildman–Crippen MR) is 91.2 cm³/mol. The van der Waals surface area contributed by atoms with Gasteiger partial charge in [-0.1, -0.05) is 6.07 Å². The molecule has 9 heteroatoms. The molecule has 0 aliphatic carbocycles. The van der Waals surface area contributed by atoms with Crippen molar-refractivity contribution in [1.82, 2.24) is 19.5 Å². The third-order valence-electron chi connectivity index (χ3n) is 3.20. The van der Waals surface area contributed by atoms with Crippen LogP contribution >= 0.6 is 11.3 Å². The van der Waals surface area contributed by atoms with Crippen molar-refractivity contribution >= 4 is 21.4 Å². The molecule has 0 aliphatic heterocycles. The lowest BCUT2D eigenvalue weighted by Crippen LogP contribution is -2.31. The van der Waals surface area contributed by atoms with E-state index in [2.05, 4.69) is 14.8 Å². The first kappa shape index (κ1) is 16.5. The largest absolute Gasteiger partial charge is 0.268 e. The van der Waals surface area contributed by atoms with E-state index in [0.717, 1.165) is 16.9 Å². The van der Waals surface area contributed by atoms with Gasteiger partial charge in [0.2, 0.25) is 10.0 Å². The van der Waals surface area contributed by atoms with Crippen LogP contribution in [0.1, 0.15) is 0 Å². The minimum Gasteiger partial charge on any atom is -0.268 e. The average molecular weight is 362 g/mol.